The molecule has 9 heteroatoms. The number of carboxylic acid groups (broad SMARTS) is 1. The van der Waals surface area contributed by atoms with E-state index in [1.54, 1.807) is 42.8 Å². The number of anilines is 1. The van der Waals surface area contributed by atoms with Crippen LogP contribution in [0.25, 0.3) is 0 Å². The lowest BCUT2D eigenvalue weighted by atomic mass is 10.2. The first-order valence-electron chi connectivity index (χ1n) is 7.40. The molecule has 0 saturated heterocycles. The lowest BCUT2D eigenvalue weighted by Gasteiger charge is -2.03. The molecule has 1 heterocycles. The zero-order chi connectivity index (χ0) is 18.1. The Kier molecular flexibility index (Phi) is 6.90. The summed E-state index contributed by atoms with van der Waals surface area (Å²) in [4.78, 5) is 26.1. The highest BCUT2D eigenvalue weighted by atomic mass is 32.1. The first-order chi connectivity index (χ1) is 12.1. The number of thiazole rings is 1. The van der Waals surface area contributed by atoms with Crippen LogP contribution in [-0.2, 0) is 20.7 Å². The van der Waals surface area contributed by atoms with E-state index in [-0.39, 0.29) is 12.4 Å². The van der Waals surface area contributed by atoms with E-state index in [1.165, 1.54) is 11.3 Å². The molecule has 0 saturated carbocycles. The van der Waals surface area contributed by atoms with Gasteiger partial charge in [-0.3, -0.25) is 10.2 Å². The molecule has 0 spiro atoms. The van der Waals surface area contributed by atoms with Gasteiger partial charge in [0, 0.05) is 5.38 Å². The van der Waals surface area contributed by atoms with Crippen molar-refractivity contribution in [1.29, 1.82) is 0 Å². The predicted molar refractivity (Wildman–Crippen MR) is 93.2 cm³/mol. The van der Waals surface area contributed by atoms with Gasteiger partial charge in [-0.15, -0.1) is 11.3 Å². The summed E-state index contributed by atoms with van der Waals surface area (Å²) in [7, 11) is 0. The molecule has 0 atom stereocenters. The van der Waals surface area contributed by atoms with Gasteiger partial charge in [0.15, 0.2) is 6.61 Å². The number of ether oxygens (including phenoxy) is 2. The van der Waals surface area contributed by atoms with E-state index in [2.05, 4.69) is 15.5 Å². The van der Waals surface area contributed by atoms with Crippen molar-refractivity contribution in [1.82, 2.24) is 4.98 Å². The highest BCUT2D eigenvalue weighted by molar-refractivity contribution is 7.13. The Morgan fingerprint density at radius 3 is 3.04 bits per heavy atom. The van der Waals surface area contributed by atoms with Crippen LogP contribution in [0.2, 0.25) is 0 Å². The number of hydrazone groups is 1. The van der Waals surface area contributed by atoms with Crippen molar-refractivity contribution >= 4 is 34.6 Å². The predicted octanol–water partition coefficient (Wildman–Crippen LogP) is 2.16. The van der Waals surface area contributed by atoms with Crippen LogP contribution in [0, 0.1) is 0 Å². The Morgan fingerprint density at radius 1 is 1.44 bits per heavy atom. The minimum absolute atomic E-state index is 0.124. The third kappa shape index (κ3) is 6.60. The quantitative estimate of drug-likeness (QED) is 0.399. The number of benzene rings is 1. The van der Waals surface area contributed by atoms with Crippen LogP contribution in [0.3, 0.4) is 0 Å². The van der Waals surface area contributed by atoms with E-state index < -0.39 is 12.6 Å². The normalized spacial score (nSPS) is 10.6. The van der Waals surface area contributed by atoms with E-state index in [1.807, 2.05) is 0 Å². The van der Waals surface area contributed by atoms with Gasteiger partial charge in [-0.25, -0.2) is 9.78 Å². The van der Waals surface area contributed by atoms with Crippen LogP contribution in [0.15, 0.2) is 34.7 Å². The average Bonchev–Trinajstić information content (AvgIpc) is 3.01. The minimum atomic E-state index is -1.04. The minimum Gasteiger partial charge on any atom is -0.482 e. The molecule has 0 radical (unpaired) electrons. The molecule has 2 N–H and O–H groups in total. The van der Waals surface area contributed by atoms with E-state index >= 15 is 0 Å². The molecule has 0 aliphatic carbocycles. The number of rotatable bonds is 9. The molecule has 132 valence electrons. The summed E-state index contributed by atoms with van der Waals surface area (Å²) in [5.74, 6) is -0.915. The summed E-state index contributed by atoms with van der Waals surface area (Å²) in [6, 6.07) is 6.87. The van der Waals surface area contributed by atoms with Crippen LogP contribution in [0.5, 0.6) is 5.75 Å². The maximum Gasteiger partial charge on any atom is 0.341 e. The number of carbonyl (C=O) groups is 2. The molecule has 0 unspecified atom stereocenters. The number of carboxylic acids is 1. The van der Waals surface area contributed by atoms with Crippen LogP contribution in [0.1, 0.15) is 18.2 Å². The van der Waals surface area contributed by atoms with Gasteiger partial charge in [-0.05, 0) is 24.6 Å². The standard InChI is InChI=1S/C16H17N3O5S/c1-2-23-15(22)7-12-10-25-16(18-12)19-17-8-11-4-3-5-13(6-11)24-9-14(20)21/h3-6,8,10H,2,7,9H2,1H3,(H,18,19)(H,20,21). The zero-order valence-corrected chi connectivity index (χ0v) is 14.3. The largest absolute Gasteiger partial charge is 0.482 e. The van der Waals surface area contributed by atoms with Crippen molar-refractivity contribution in [3.63, 3.8) is 0 Å². The summed E-state index contributed by atoms with van der Waals surface area (Å²) in [5.41, 5.74) is 4.13. The number of hydrogen-bond donors (Lipinski definition) is 2. The second kappa shape index (κ2) is 9.38. The number of aromatic nitrogens is 1. The van der Waals surface area contributed by atoms with Crippen LogP contribution in [0.4, 0.5) is 5.13 Å². The van der Waals surface area contributed by atoms with Gasteiger partial charge in [-0.1, -0.05) is 12.1 Å². The Hall–Kier alpha value is -2.94. The fourth-order valence-corrected chi connectivity index (χ4v) is 2.45. The SMILES string of the molecule is CCOC(=O)Cc1csc(NN=Cc2cccc(OCC(=O)O)c2)n1. The third-order valence-corrected chi connectivity index (χ3v) is 3.57. The van der Waals surface area contributed by atoms with Gasteiger partial charge in [0.05, 0.1) is 24.9 Å². The van der Waals surface area contributed by atoms with Gasteiger partial charge in [0.25, 0.3) is 0 Å². The Bertz CT molecular complexity index is 760. The maximum atomic E-state index is 11.4. The van der Waals surface area contributed by atoms with Crippen molar-refractivity contribution in [2.75, 3.05) is 18.6 Å². The molecule has 25 heavy (non-hydrogen) atoms. The van der Waals surface area contributed by atoms with Crippen molar-refractivity contribution in [3.8, 4) is 5.75 Å². The van der Waals surface area contributed by atoms with Crippen molar-refractivity contribution in [2.45, 2.75) is 13.3 Å². The fraction of sp³-hybridized carbons (Fsp3) is 0.250. The van der Waals surface area contributed by atoms with Crippen molar-refractivity contribution in [3.05, 3.63) is 40.9 Å². The zero-order valence-electron chi connectivity index (χ0n) is 13.5. The van der Waals surface area contributed by atoms with Crippen LogP contribution >= 0.6 is 11.3 Å². The molecule has 2 rings (SSSR count). The van der Waals surface area contributed by atoms with Crippen molar-refractivity contribution in [2.24, 2.45) is 5.10 Å². The molecule has 0 bridgehead atoms. The van der Waals surface area contributed by atoms with E-state index in [9.17, 15) is 9.59 Å². The van der Waals surface area contributed by atoms with Crippen LogP contribution < -0.4 is 10.2 Å². The van der Waals surface area contributed by atoms with Crippen molar-refractivity contribution < 1.29 is 24.2 Å². The van der Waals surface area contributed by atoms with Crippen LogP contribution in [-0.4, -0.2) is 41.5 Å². The highest BCUT2D eigenvalue weighted by Crippen LogP contribution is 2.16. The smallest absolute Gasteiger partial charge is 0.341 e. The molecule has 2 aromatic rings. The van der Waals surface area contributed by atoms with Gasteiger partial charge < -0.3 is 14.6 Å². The summed E-state index contributed by atoms with van der Waals surface area (Å²) >= 11 is 1.33. The third-order valence-electron chi connectivity index (χ3n) is 2.78. The summed E-state index contributed by atoms with van der Waals surface area (Å²) in [5, 5.41) is 15.0. The summed E-state index contributed by atoms with van der Waals surface area (Å²) < 4.78 is 9.96. The van der Waals surface area contributed by atoms with E-state index in [4.69, 9.17) is 14.6 Å². The first kappa shape index (κ1) is 18.4. The second-order valence-electron chi connectivity index (χ2n) is 4.75. The van der Waals surface area contributed by atoms with Gasteiger partial charge in [-0.2, -0.15) is 5.10 Å². The lowest BCUT2D eigenvalue weighted by Crippen LogP contribution is -2.09. The molecule has 0 aliphatic rings. The molecular formula is C16H17N3O5S. The summed E-state index contributed by atoms with van der Waals surface area (Å²) in [6.07, 6.45) is 1.68. The molecule has 0 amide bonds. The van der Waals surface area contributed by atoms with Gasteiger partial charge in [0.1, 0.15) is 5.75 Å². The lowest BCUT2D eigenvalue weighted by molar-refractivity contribution is -0.142. The number of aliphatic carboxylic acids is 1. The Balaban J connectivity index is 1.88. The monoisotopic (exact) mass is 363 g/mol. The molecular weight excluding hydrogens is 346 g/mol. The molecule has 8 nitrogen and oxygen atoms in total. The fourth-order valence-electron chi connectivity index (χ4n) is 1.79. The van der Waals surface area contributed by atoms with Gasteiger partial charge in [0.2, 0.25) is 5.13 Å². The number of hydrogen-bond acceptors (Lipinski definition) is 8. The van der Waals surface area contributed by atoms with E-state index in [0.29, 0.717) is 23.2 Å². The first-order valence-corrected chi connectivity index (χ1v) is 8.28. The summed E-state index contributed by atoms with van der Waals surface area (Å²) in [6.45, 7) is 1.69. The number of carbonyl (C=O) groups excluding carboxylic acids is 1. The molecule has 0 aliphatic heterocycles. The molecule has 1 aromatic carbocycles. The average molecular weight is 363 g/mol. The number of nitrogens with one attached hydrogen (secondary N) is 1. The second-order valence-corrected chi connectivity index (χ2v) is 5.61. The van der Waals surface area contributed by atoms with Gasteiger partial charge >= 0.3 is 11.9 Å². The van der Waals surface area contributed by atoms with E-state index in [0.717, 1.165) is 5.56 Å². The number of esters is 1. The number of nitrogens with zero attached hydrogens (tertiary/aromatic N) is 2. The Labute approximate surface area is 148 Å². The highest BCUT2D eigenvalue weighted by Gasteiger charge is 2.07. The molecule has 0 fully saturated rings. The maximum absolute atomic E-state index is 11.4. The Morgan fingerprint density at radius 2 is 2.28 bits per heavy atom. The molecule has 1 aromatic heterocycles. The topological polar surface area (TPSA) is 110 Å².